The molecule has 0 aliphatic carbocycles. The molecule has 8 nitrogen and oxygen atoms in total. The summed E-state index contributed by atoms with van der Waals surface area (Å²) in [6, 6.07) is 20.1. The normalized spacial score (nSPS) is 12.1. The highest BCUT2D eigenvalue weighted by atomic mass is 32.2. The van der Waals surface area contributed by atoms with Crippen molar-refractivity contribution in [2.75, 3.05) is 32.2 Å². The van der Waals surface area contributed by atoms with Gasteiger partial charge in [0.05, 0.1) is 38.0 Å². The van der Waals surface area contributed by atoms with Gasteiger partial charge in [-0.15, -0.1) is 0 Å². The van der Waals surface area contributed by atoms with Crippen molar-refractivity contribution >= 4 is 21.6 Å². The lowest BCUT2D eigenvalue weighted by molar-refractivity contribution is -0.120. The standard InChI is InChI=1S/C28H34N2O6S/c1-20(2)17-25(21-11-13-23(34-3)14-12-21)29-28(31)19-30(22-9-7-6-8-10-22)37(32,33)24-15-16-26(35-4)27(18-24)36-5/h6-16,18,20,25H,17,19H2,1-5H3,(H,29,31)/t25-/m0/s1. The highest BCUT2D eigenvalue weighted by Gasteiger charge is 2.29. The summed E-state index contributed by atoms with van der Waals surface area (Å²) in [5, 5.41) is 3.04. The van der Waals surface area contributed by atoms with Gasteiger partial charge in [0, 0.05) is 6.07 Å². The highest BCUT2D eigenvalue weighted by Crippen LogP contribution is 2.32. The van der Waals surface area contributed by atoms with E-state index in [1.807, 2.05) is 24.3 Å². The summed E-state index contributed by atoms with van der Waals surface area (Å²) in [6.07, 6.45) is 0.686. The number of rotatable bonds is 12. The van der Waals surface area contributed by atoms with Crippen LogP contribution in [-0.2, 0) is 14.8 Å². The van der Waals surface area contributed by atoms with Crippen molar-refractivity contribution in [3.63, 3.8) is 0 Å². The van der Waals surface area contributed by atoms with Crippen molar-refractivity contribution < 1.29 is 27.4 Å². The van der Waals surface area contributed by atoms with E-state index in [4.69, 9.17) is 14.2 Å². The number of carbonyl (C=O) groups excluding carboxylic acids is 1. The second-order valence-corrected chi connectivity index (χ2v) is 10.7. The molecule has 0 unspecified atom stereocenters. The summed E-state index contributed by atoms with van der Waals surface area (Å²) in [5.41, 5.74) is 1.29. The van der Waals surface area contributed by atoms with Gasteiger partial charge in [0.2, 0.25) is 5.91 Å². The number of sulfonamides is 1. The number of amides is 1. The largest absolute Gasteiger partial charge is 0.497 e. The molecule has 0 saturated carbocycles. The number of hydrogen-bond donors (Lipinski definition) is 1. The third-order valence-corrected chi connectivity index (χ3v) is 7.60. The predicted octanol–water partition coefficient (Wildman–Crippen LogP) is 4.81. The molecule has 0 spiro atoms. The number of benzene rings is 3. The third-order valence-electron chi connectivity index (χ3n) is 5.83. The second-order valence-electron chi connectivity index (χ2n) is 8.89. The number of carbonyl (C=O) groups is 1. The van der Waals surface area contributed by atoms with Gasteiger partial charge in [0.15, 0.2) is 11.5 Å². The van der Waals surface area contributed by atoms with Gasteiger partial charge in [-0.05, 0) is 54.3 Å². The zero-order valence-electron chi connectivity index (χ0n) is 21.8. The van der Waals surface area contributed by atoms with Gasteiger partial charge in [-0.1, -0.05) is 44.2 Å². The molecular weight excluding hydrogens is 492 g/mol. The van der Waals surface area contributed by atoms with Gasteiger partial charge in [-0.25, -0.2) is 8.42 Å². The van der Waals surface area contributed by atoms with Gasteiger partial charge < -0.3 is 19.5 Å². The van der Waals surface area contributed by atoms with Crippen LogP contribution in [0.2, 0.25) is 0 Å². The Hall–Kier alpha value is -3.72. The van der Waals surface area contributed by atoms with E-state index in [0.29, 0.717) is 23.8 Å². The number of para-hydroxylation sites is 1. The molecule has 9 heteroatoms. The molecule has 0 saturated heterocycles. The molecule has 3 aromatic rings. The predicted molar refractivity (Wildman–Crippen MR) is 144 cm³/mol. The number of hydrogen-bond acceptors (Lipinski definition) is 6. The van der Waals surface area contributed by atoms with Crippen molar-refractivity contribution in [1.29, 1.82) is 0 Å². The summed E-state index contributed by atoms with van der Waals surface area (Å²) in [6.45, 7) is 3.74. The molecule has 0 radical (unpaired) electrons. The fourth-order valence-corrected chi connectivity index (χ4v) is 5.41. The third kappa shape index (κ3) is 6.95. The topological polar surface area (TPSA) is 94.2 Å². The maximum absolute atomic E-state index is 13.8. The van der Waals surface area contributed by atoms with Crippen LogP contribution >= 0.6 is 0 Å². The van der Waals surface area contributed by atoms with E-state index in [2.05, 4.69) is 19.2 Å². The molecule has 0 fully saturated rings. The second kappa shape index (κ2) is 12.5. The lowest BCUT2D eigenvalue weighted by Gasteiger charge is -2.27. The Morgan fingerprint density at radius 3 is 2.08 bits per heavy atom. The van der Waals surface area contributed by atoms with E-state index in [1.54, 1.807) is 37.4 Å². The number of nitrogens with one attached hydrogen (secondary N) is 1. The van der Waals surface area contributed by atoms with Crippen molar-refractivity contribution in [3.8, 4) is 17.2 Å². The smallest absolute Gasteiger partial charge is 0.264 e. The molecule has 0 aliphatic rings. The average Bonchev–Trinajstić information content (AvgIpc) is 2.91. The fourth-order valence-electron chi connectivity index (χ4n) is 3.97. The Morgan fingerprint density at radius 1 is 0.865 bits per heavy atom. The minimum atomic E-state index is -4.12. The van der Waals surface area contributed by atoms with Gasteiger partial charge >= 0.3 is 0 Å². The molecule has 198 valence electrons. The molecule has 0 bridgehead atoms. The van der Waals surface area contributed by atoms with Gasteiger partial charge in [-0.2, -0.15) is 0 Å². The van der Waals surface area contributed by atoms with Crippen LogP contribution in [0.25, 0.3) is 0 Å². The summed E-state index contributed by atoms with van der Waals surface area (Å²) in [5.74, 6) is 1.27. The lowest BCUT2D eigenvalue weighted by atomic mass is 9.97. The van der Waals surface area contributed by atoms with Crippen LogP contribution in [0.15, 0.2) is 77.7 Å². The first kappa shape index (κ1) is 27.9. The van der Waals surface area contributed by atoms with Crippen LogP contribution in [0, 0.1) is 5.92 Å². The average molecular weight is 527 g/mol. The summed E-state index contributed by atoms with van der Waals surface area (Å²) in [4.78, 5) is 13.3. The Kier molecular flexibility index (Phi) is 9.41. The van der Waals surface area contributed by atoms with Crippen LogP contribution in [0.3, 0.4) is 0 Å². The Bertz CT molecular complexity index is 1280. The molecule has 3 rings (SSSR count). The molecule has 1 N–H and O–H groups in total. The molecule has 3 aromatic carbocycles. The van der Waals surface area contributed by atoms with Crippen molar-refractivity contribution in [3.05, 3.63) is 78.4 Å². The monoisotopic (exact) mass is 526 g/mol. The molecule has 1 amide bonds. The van der Waals surface area contributed by atoms with Crippen molar-refractivity contribution in [2.24, 2.45) is 5.92 Å². The number of methoxy groups -OCH3 is 3. The molecular formula is C28H34N2O6S. The van der Waals surface area contributed by atoms with Crippen LogP contribution < -0.4 is 23.8 Å². The zero-order valence-corrected chi connectivity index (χ0v) is 22.6. The Morgan fingerprint density at radius 2 is 1.51 bits per heavy atom. The Balaban J connectivity index is 1.93. The minimum absolute atomic E-state index is 0.0179. The van der Waals surface area contributed by atoms with Crippen LogP contribution in [0.5, 0.6) is 17.2 Å². The summed E-state index contributed by atoms with van der Waals surface area (Å²) in [7, 11) is 0.388. The van der Waals surface area contributed by atoms with Crippen molar-refractivity contribution in [1.82, 2.24) is 5.32 Å². The molecule has 1 atom stereocenters. The minimum Gasteiger partial charge on any atom is -0.497 e. The van der Waals surface area contributed by atoms with Crippen LogP contribution in [0.1, 0.15) is 31.9 Å². The first-order chi connectivity index (χ1) is 17.7. The molecule has 0 aliphatic heterocycles. The van der Waals surface area contributed by atoms with E-state index in [-0.39, 0.29) is 16.7 Å². The fraction of sp³-hybridized carbons (Fsp3) is 0.321. The van der Waals surface area contributed by atoms with E-state index in [9.17, 15) is 13.2 Å². The molecule has 0 heterocycles. The molecule has 37 heavy (non-hydrogen) atoms. The van der Waals surface area contributed by atoms with Gasteiger partial charge in [-0.3, -0.25) is 9.10 Å². The number of nitrogens with zero attached hydrogens (tertiary/aromatic N) is 1. The highest BCUT2D eigenvalue weighted by molar-refractivity contribution is 7.92. The quantitative estimate of drug-likeness (QED) is 0.364. The van der Waals surface area contributed by atoms with E-state index < -0.39 is 22.5 Å². The van der Waals surface area contributed by atoms with Gasteiger partial charge in [0.1, 0.15) is 12.3 Å². The SMILES string of the molecule is COc1ccc([C@H](CC(C)C)NC(=O)CN(c2ccccc2)S(=O)(=O)c2ccc(OC)c(OC)c2)cc1. The van der Waals surface area contributed by atoms with Crippen molar-refractivity contribution in [2.45, 2.75) is 31.2 Å². The number of ether oxygens (including phenoxy) is 3. The first-order valence-corrected chi connectivity index (χ1v) is 13.4. The van der Waals surface area contributed by atoms with E-state index in [0.717, 1.165) is 15.6 Å². The van der Waals surface area contributed by atoms with Crippen LogP contribution in [-0.4, -0.2) is 42.2 Å². The maximum Gasteiger partial charge on any atom is 0.264 e. The maximum atomic E-state index is 13.8. The lowest BCUT2D eigenvalue weighted by Crippen LogP contribution is -2.42. The van der Waals surface area contributed by atoms with E-state index in [1.165, 1.54) is 32.4 Å². The first-order valence-electron chi connectivity index (χ1n) is 11.9. The number of anilines is 1. The zero-order chi connectivity index (χ0) is 27.0. The Labute approximate surface area is 219 Å². The molecule has 0 aromatic heterocycles. The summed E-state index contributed by atoms with van der Waals surface area (Å²) < 4.78 is 44.4. The van der Waals surface area contributed by atoms with Crippen LogP contribution in [0.4, 0.5) is 5.69 Å². The van der Waals surface area contributed by atoms with E-state index >= 15 is 0 Å². The summed E-state index contributed by atoms with van der Waals surface area (Å²) >= 11 is 0. The van der Waals surface area contributed by atoms with Gasteiger partial charge in [0.25, 0.3) is 10.0 Å².